The highest BCUT2D eigenvalue weighted by Crippen LogP contribution is 2.22. The first kappa shape index (κ1) is 16.0. The zero-order valence-electron chi connectivity index (χ0n) is 12.7. The van der Waals surface area contributed by atoms with Crippen LogP contribution in [0.3, 0.4) is 0 Å². The van der Waals surface area contributed by atoms with Crippen LogP contribution in [-0.4, -0.2) is 21.4 Å². The summed E-state index contributed by atoms with van der Waals surface area (Å²) in [4.78, 5) is 12.8. The number of carbonyl (C=O) groups excluding carboxylic acids is 1. The second kappa shape index (κ2) is 7.07. The van der Waals surface area contributed by atoms with Crippen molar-refractivity contribution in [3.63, 3.8) is 0 Å². The summed E-state index contributed by atoms with van der Waals surface area (Å²) < 4.78 is 12.5. The molecule has 0 heterocycles. The van der Waals surface area contributed by atoms with E-state index in [0.29, 0.717) is 10.6 Å². The van der Waals surface area contributed by atoms with E-state index in [0.717, 1.165) is 31.2 Å². The number of nitrogens with two attached hydrogens (primary N) is 1. The molecule has 0 spiro atoms. The number of carbonyl (C=O) groups is 1. The van der Waals surface area contributed by atoms with Gasteiger partial charge in [0, 0.05) is 11.7 Å². The number of benzene rings is 1. The maximum atomic E-state index is 12.5. The van der Waals surface area contributed by atoms with Crippen LogP contribution in [0.25, 0.3) is 0 Å². The summed E-state index contributed by atoms with van der Waals surface area (Å²) in [6.45, 7) is 3.63. The molecule has 2 unspecified atom stereocenters. The molecule has 1 saturated carbocycles. The predicted molar refractivity (Wildman–Crippen MR) is 86.5 cm³/mol. The summed E-state index contributed by atoms with van der Waals surface area (Å²) in [6.07, 6.45) is 5.62. The molecule has 1 aromatic rings. The highest BCUT2D eigenvalue weighted by molar-refractivity contribution is 7.86. The molecule has 5 heteroatoms. The van der Waals surface area contributed by atoms with Crippen LogP contribution in [-0.2, 0) is 15.6 Å². The van der Waals surface area contributed by atoms with Crippen molar-refractivity contribution in [1.82, 2.24) is 5.32 Å². The summed E-state index contributed by atoms with van der Waals surface area (Å²) in [7, 11) is -1.42. The van der Waals surface area contributed by atoms with E-state index in [9.17, 15) is 9.00 Å². The minimum absolute atomic E-state index is 0.139. The van der Waals surface area contributed by atoms with Gasteiger partial charge < -0.3 is 11.1 Å². The van der Waals surface area contributed by atoms with E-state index in [1.165, 1.54) is 6.42 Å². The highest BCUT2D eigenvalue weighted by atomic mass is 32.2. The Morgan fingerprint density at radius 2 is 2.00 bits per heavy atom. The van der Waals surface area contributed by atoms with Crippen LogP contribution >= 0.6 is 0 Å². The van der Waals surface area contributed by atoms with Crippen LogP contribution in [0.5, 0.6) is 0 Å². The monoisotopic (exact) mass is 308 g/mol. The van der Waals surface area contributed by atoms with Gasteiger partial charge in [0.1, 0.15) is 5.25 Å². The lowest BCUT2D eigenvalue weighted by atomic mass is 9.95. The van der Waals surface area contributed by atoms with E-state index in [1.807, 2.05) is 13.0 Å². The van der Waals surface area contributed by atoms with Crippen LogP contribution in [0.4, 0.5) is 5.69 Å². The highest BCUT2D eigenvalue weighted by Gasteiger charge is 2.25. The molecule has 0 saturated heterocycles. The quantitative estimate of drug-likeness (QED) is 0.840. The molecule has 1 fully saturated rings. The largest absolute Gasteiger partial charge is 0.398 e. The summed E-state index contributed by atoms with van der Waals surface area (Å²) in [5.41, 5.74) is 7.43. The molecular formula is C16H24N2O2S. The van der Waals surface area contributed by atoms with Crippen molar-refractivity contribution >= 4 is 22.4 Å². The van der Waals surface area contributed by atoms with Gasteiger partial charge >= 0.3 is 0 Å². The van der Waals surface area contributed by atoms with Crippen molar-refractivity contribution in [3.8, 4) is 0 Å². The lowest BCUT2D eigenvalue weighted by Crippen LogP contribution is -2.42. The van der Waals surface area contributed by atoms with E-state index >= 15 is 0 Å². The number of anilines is 1. The Bertz CT molecular complexity index is 539. The number of hydrogen-bond acceptors (Lipinski definition) is 3. The fourth-order valence-electron chi connectivity index (χ4n) is 2.70. The molecule has 1 amide bonds. The average Bonchev–Trinajstić information content (AvgIpc) is 2.47. The van der Waals surface area contributed by atoms with Gasteiger partial charge in [-0.3, -0.25) is 9.00 Å². The van der Waals surface area contributed by atoms with Gasteiger partial charge in [-0.15, -0.1) is 0 Å². The minimum atomic E-state index is -1.42. The van der Waals surface area contributed by atoms with Crippen molar-refractivity contribution < 1.29 is 9.00 Å². The lowest BCUT2D eigenvalue weighted by Gasteiger charge is -2.24. The number of nitrogen functional groups attached to an aromatic ring is 1. The molecular weight excluding hydrogens is 284 g/mol. The van der Waals surface area contributed by atoms with Crippen molar-refractivity contribution in [1.29, 1.82) is 0 Å². The Morgan fingerprint density at radius 3 is 2.62 bits per heavy atom. The number of aryl methyl sites for hydroxylation is 1. The summed E-state index contributed by atoms with van der Waals surface area (Å²) in [5, 5.41) is 2.44. The van der Waals surface area contributed by atoms with Crippen molar-refractivity contribution in [2.75, 3.05) is 5.73 Å². The summed E-state index contributed by atoms with van der Waals surface area (Å²) in [6, 6.07) is 5.65. The van der Waals surface area contributed by atoms with E-state index < -0.39 is 16.0 Å². The summed E-state index contributed by atoms with van der Waals surface area (Å²) >= 11 is 0. The summed E-state index contributed by atoms with van der Waals surface area (Å²) in [5.74, 6) is -0.139. The van der Waals surface area contributed by atoms with E-state index in [1.54, 1.807) is 19.1 Å². The van der Waals surface area contributed by atoms with Crippen LogP contribution < -0.4 is 11.1 Å². The molecule has 3 N–H and O–H groups in total. The second-order valence-electron chi connectivity index (χ2n) is 5.82. The fraction of sp³-hybridized carbons (Fsp3) is 0.562. The molecule has 21 heavy (non-hydrogen) atoms. The van der Waals surface area contributed by atoms with Crippen molar-refractivity contribution in [2.45, 2.75) is 62.1 Å². The SMILES string of the molecule is Cc1ccc(S(=O)C(C)C(=O)NC2CCCCC2)c(N)c1. The van der Waals surface area contributed by atoms with E-state index in [2.05, 4.69) is 5.32 Å². The molecule has 0 radical (unpaired) electrons. The Morgan fingerprint density at radius 1 is 1.33 bits per heavy atom. The molecule has 0 aromatic heterocycles. The second-order valence-corrected chi connectivity index (χ2v) is 7.57. The third-order valence-electron chi connectivity index (χ3n) is 4.02. The van der Waals surface area contributed by atoms with E-state index in [-0.39, 0.29) is 11.9 Å². The normalized spacial score (nSPS) is 19.0. The van der Waals surface area contributed by atoms with Gasteiger partial charge in [-0.1, -0.05) is 25.3 Å². The maximum absolute atomic E-state index is 12.5. The molecule has 1 aliphatic rings. The van der Waals surface area contributed by atoms with Gasteiger partial charge in [-0.2, -0.15) is 0 Å². The first-order chi connectivity index (χ1) is 9.99. The molecule has 116 valence electrons. The fourth-order valence-corrected chi connectivity index (χ4v) is 3.84. The molecule has 0 bridgehead atoms. The van der Waals surface area contributed by atoms with E-state index in [4.69, 9.17) is 5.73 Å². The number of hydrogen-bond donors (Lipinski definition) is 2. The first-order valence-corrected chi connectivity index (χ1v) is 8.77. The molecule has 2 rings (SSSR count). The third kappa shape index (κ3) is 4.06. The average molecular weight is 308 g/mol. The van der Waals surface area contributed by atoms with Crippen LogP contribution in [0.2, 0.25) is 0 Å². The molecule has 1 aromatic carbocycles. The Kier molecular flexibility index (Phi) is 5.39. The maximum Gasteiger partial charge on any atom is 0.236 e. The van der Waals surface area contributed by atoms with Crippen LogP contribution in [0, 0.1) is 6.92 Å². The molecule has 1 aliphatic carbocycles. The van der Waals surface area contributed by atoms with Gasteiger partial charge in [0.25, 0.3) is 0 Å². The van der Waals surface area contributed by atoms with Gasteiger partial charge in [-0.05, 0) is 44.4 Å². The van der Waals surface area contributed by atoms with Gasteiger partial charge in [0.2, 0.25) is 5.91 Å². The van der Waals surface area contributed by atoms with Crippen molar-refractivity contribution in [2.24, 2.45) is 0 Å². The van der Waals surface area contributed by atoms with Crippen molar-refractivity contribution in [3.05, 3.63) is 23.8 Å². The van der Waals surface area contributed by atoms with Gasteiger partial charge in [-0.25, -0.2) is 0 Å². The standard InChI is InChI=1S/C16H24N2O2S/c1-11-8-9-15(14(17)10-11)21(20)12(2)16(19)18-13-6-4-3-5-7-13/h8-10,12-13H,3-7,17H2,1-2H3,(H,18,19). The Balaban J connectivity index is 2.02. The number of amides is 1. The minimum Gasteiger partial charge on any atom is -0.398 e. The molecule has 4 nitrogen and oxygen atoms in total. The van der Waals surface area contributed by atoms with Crippen LogP contribution in [0.15, 0.2) is 23.1 Å². The molecule has 2 atom stereocenters. The third-order valence-corrected chi connectivity index (χ3v) is 5.69. The zero-order valence-corrected chi connectivity index (χ0v) is 13.5. The lowest BCUT2D eigenvalue weighted by molar-refractivity contribution is -0.121. The first-order valence-electron chi connectivity index (χ1n) is 7.56. The number of rotatable bonds is 4. The smallest absolute Gasteiger partial charge is 0.236 e. The number of nitrogens with one attached hydrogen (secondary N) is 1. The predicted octanol–water partition coefficient (Wildman–Crippen LogP) is 2.52. The zero-order chi connectivity index (χ0) is 15.4. The van der Waals surface area contributed by atoms with Crippen LogP contribution in [0.1, 0.15) is 44.6 Å². The molecule has 0 aliphatic heterocycles. The van der Waals surface area contributed by atoms with Gasteiger partial charge in [0.15, 0.2) is 0 Å². The van der Waals surface area contributed by atoms with Gasteiger partial charge in [0.05, 0.1) is 15.7 Å². The topological polar surface area (TPSA) is 72.2 Å². The Hall–Kier alpha value is -1.36. The Labute approximate surface area is 129 Å².